The molecule has 3 heteroatoms. The standard InChI is InChI=1S/C14H28N2O/c1-14(2,3)12-7-5-11(6-8-12)13(15)16-9-10-17-4/h11-12H,5-10H2,1-4H3,(H2,15,16). The molecule has 0 unspecified atom stereocenters. The summed E-state index contributed by atoms with van der Waals surface area (Å²) < 4.78 is 4.98. The number of methoxy groups -OCH3 is 1. The minimum atomic E-state index is 0.437. The van der Waals surface area contributed by atoms with E-state index in [1.807, 2.05) is 0 Å². The lowest BCUT2D eigenvalue weighted by atomic mass is 9.69. The number of aliphatic imine (C=N–C) groups is 1. The highest BCUT2D eigenvalue weighted by Crippen LogP contribution is 2.39. The Labute approximate surface area is 106 Å². The summed E-state index contributed by atoms with van der Waals surface area (Å²) >= 11 is 0. The number of ether oxygens (including phenoxy) is 1. The maximum Gasteiger partial charge on any atom is 0.0969 e. The summed E-state index contributed by atoms with van der Waals surface area (Å²) in [6, 6.07) is 0. The number of amidine groups is 1. The van der Waals surface area contributed by atoms with E-state index in [1.165, 1.54) is 25.7 Å². The van der Waals surface area contributed by atoms with Crippen LogP contribution in [0, 0.1) is 17.3 Å². The fourth-order valence-electron chi connectivity index (χ4n) is 2.65. The van der Waals surface area contributed by atoms with Crippen LogP contribution in [-0.2, 0) is 4.74 Å². The molecule has 1 rings (SSSR count). The molecule has 0 aromatic rings. The average molecular weight is 240 g/mol. The Bertz CT molecular complexity index is 247. The molecule has 0 atom stereocenters. The minimum Gasteiger partial charge on any atom is -0.387 e. The van der Waals surface area contributed by atoms with Crippen molar-refractivity contribution in [3.05, 3.63) is 0 Å². The van der Waals surface area contributed by atoms with Crippen molar-refractivity contribution in [2.75, 3.05) is 20.3 Å². The summed E-state index contributed by atoms with van der Waals surface area (Å²) in [5, 5.41) is 0. The summed E-state index contributed by atoms with van der Waals surface area (Å²) in [5.74, 6) is 2.19. The van der Waals surface area contributed by atoms with Crippen molar-refractivity contribution < 1.29 is 4.74 Å². The maximum absolute atomic E-state index is 6.04. The van der Waals surface area contributed by atoms with Crippen molar-refractivity contribution in [1.29, 1.82) is 0 Å². The molecule has 1 aliphatic carbocycles. The fourth-order valence-corrected chi connectivity index (χ4v) is 2.65. The molecule has 0 amide bonds. The molecular formula is C14H28N2O. The van der Waals surface area contributed by atoms with E-state index in [0.717, 1.165) is 11.8 Å². The quantitative estimate of drug-likeness (QED) is 0.466. The van der Waals surface area contributed by atoms with E-state index in [0.29, 0.717) is 24.5 Å². The Hall–Kier alpha value is -0.570. The highest BCUT2D eigenvalue weighted by molar-refractivity contribution is 5.82. The molecule has 17 heavy (non-hydrogen) atoms. The minimum absolute atomic E-state index is 0.437. The van der Waals surface area contributed by atoms with E-state index in [1.54, 1.807) is 7.11 Å². The maximum atomic E-state index is 6.04. The second-order valence-corrected chi connectivity index (χ2v) is 6.21. The van der Waals surface area contributed by atoms with Crippen LogP contribution in [0.15, 0.2) is 4.99 Å². The van der Waals surface area contributed by atoms with Crippen LogP contribution in [0.25, 0.3) is 0 Å². The van der Waals surface area contributed by atoms with E-state index in [-0.39, 0.29) is 0 Å². The van der Waals surface area contributed by atoms with Gasteiger partial charge in [-0.05, 0) is 37.0 Å². The van der Waals surface area contributed by atoms with Crippen LogP contribution in [0.3, 0.4) is 0 Å². The Morgan fingerprint density at radius 2 is 1.82 bits per heavy atom. The molecule has 0 spiro atoms. The molecule has 0 heterocycles. The van der Waals surface area contributed by atoms with Crippen LogP contribution in [0.2, 0.25) is 0 Å². The van der Waals surface area contributed by atoms with Crippen molar-refractivity contribution in [2.45, 2.75) is 46.5 Å². The van der Waals surface area contributed by atoms with Gasteiger partial charge in [0.05, 0.1) is 19.0 Å². The predicted octanol–water partition coefficient (Wildman–Crippen LogP) is 2.84. The van der Waals surface area contributed by atoms with Gasteiger partial charge in [0, 0.05) is 13.0 Å². The Morgan fingerprint density at radius 3 is 2.29 bits per heavy atom. The molecule has 0 aromatic heterocycles. The summed E-state index contributed by atoms with van der Waals surface area (Å²) in [6.45, 7) is 8.38. The lowest BCUT2D eigenvalue weighted by Gasteiger charge is -2.36. The third-order valence-electron chi connectivity index (χ3n) is 3.96. The number of hydrogen-bond acceptors (Lipinski definition) is 2. The molecule has 0 aromatic carbocycles. The second kappa shape index (κ2) is 6.39. The highest BCUT2D eigenvalue weighted by atomic mass is 16.5. The van der Waals surface area contributed by atoms with Gasteiger partial charge in [0.2, 0.25) is 0 Å². The van der Waals surface area contributed by atoms with Crippen LogP contribution >= 0.6 is 0 Å². The fraction of sp³-hybridized carbons (Fsp3) is 0.929. The zero-order chi connectivity index (χ0) is 12.9. The highest BCUT2D eigenvalue weighted by Gasteiger charge is 2.30. The van der Waals surface area contributed by atoms with Gasteiger partial charge in [-0.2, -0.15) is 0 Å². The molecule has 3 nitrogen and oxygen atoms in total. The van der Waals surface area contributed by atoms with Crippen LogP contribution in [0.5, 0.6) is 0 Å². The molecule has 1 fully saturated rings. The molecule has 0 aliphatic heterocycles. The van der Waals surface area contributed by atoms with Gasteiger partial charge in [0.15, 0.2) is 0 Å². The van der Waals surface area contributed by atoms with Gasteiger partial charge in [0.1, 0.15) is 0 Å². The lowest BCUT2D eigenvalue weighted by molar-refractivity contribution is 0.166. The van der Waals surface area contributed by atoms with Crippen LogP contribution in [0.4, 0.5) is 0 Å². The Kier molecular flexibility index (Phi) is 5.44. The first-order valence-corrected chi connectivity index (χ1v) is 6.74. The van der Waals surface area contributed by atoms with Crippen molar-refractivity contribution in [3.8, 4) is 0 Å². The van der Waals surface area contributed by atoms with Crippen molar-refractivity contribution in [1.82, 2.24) is 0 Å². The van der Waals surface area contributed by atoms with Crippen LogP contribution in [-0.4, -0.2) is 26.1 Å². The third-order valence-corrected chi connectivity index (χ3v) is 3.96. The van der Waals surface area contributed by atoms with Gasteiger partial charge in [-0.25, -0.2) is 0 Å². The molecular weight excluding hydrogens is 212 g/mol. The molecule has 0 radical (unpaired) electrons. The summed E-state index contributed by atoms with van der Waals surface area (Å²) in [5.41, 5.74) is 6.48. The van der Waals surface area contributed by atoms with Crippen molar-refractivity contribution in [3.63, 3.8) is 0 Å². The van der Waals surface area contributed by atoms with E-state index in [4.69, 9.17) is 10.5 Å². The van der Waals surface area contributed by atoms with E-state index < -0.39 is 0 Å². The predicted molar refractivity (Wildman–Crippen MR) is 73.3 cm³/mol. The van der Waals surface area contributed by atoms with Crippen LogP contribution < -0.4 is 5.73 Å². The van der Waals surface area contributed by atoms with Crippen molar-refractivity contribution in [2.24, 2.45) is 28.0 Å². The van der Waals surface area contributed by atoms with E-state index >= 15 is 0 Å². The Balaban J connectivity index is 2.38. The number of nitrogens with zero attached hydrogens (tertiary/aromatic N) is 1. The zero-order valence-electron chi connectivity index (χ0n) is 11.8. The average Bonchev–Trinajstić information content (AvgIpc) is 2.28. The topological polar surface area (TPSA) is 47.6 Å². The molecule has 1 aliphatic rings. The second-order valence-electron chi connectivity index (χ2n) is 6.21. The molecule has 0 saturated heterocycles. The monoisotopic (exact) mass is 240 g/mol. The Morgan fingerprint density at radius 1 is 1.24 bits per heavy atom. The summed E-state index contributed by atoms with van der Waals surface area (Å²) in [6.07, 6.45) is 4.97. The van der Waals surface area contributed by atoms with Crippen molar-refractivity contribution >= 4 is 5.84 Å². The summed E-state index contributed by atoms with van der Waals surface area (Å²) in [7, 11) is 1.69. The van der Waals surface area contributed by atoms with Gasteiger partial charge in [-0.1, -0.05) is 20.8 Å². The summed E-state index contributed by atoms with van der Waals surface area (Å²) in [4.78, 5) is 4.39. The third kappa shape index (κ3) is 4.66. The van der Waals surface area contributed by atoms with E-state index in [2.05, 4.69) is 25.8 Å². The van der Waals surface area contributed by atoms with Gasteiger partial charge in [-0.3, -0.25) is 4.99 Å². The largest absolute Gasteiger partial charge is 0.387 e. The number of nitrogens with two attached hydrogens (primary N) is 1. The molecule has 2 N–H and O–H groups in total. The first kappa shape index (κ1) is 14.5. The van der Waals surface area contributed by atoms with Gasteiger partial charge >= 0.3 is 0 Å². The molecule has 1 saturated carbocycles. The van der Waals surface area contributed by atoms with Crippen LogP contribution in [0.1, 0.15) is 46.5 Å². The molecule has 100 valence electrons. The van der Waals surface area contributed by atoms with E-state index in [9.17, 15) is 0 Å². The first-order valence-electron chi connectivity index (χ1n) is 6.74. The number of hydrogen-bond donors (Lipinski definition) is 1. The SMILES string of the molecule is COCCN=C(N)C1CCC(C(C)(C)C)CC1. The van der Waals surface area contributed by atoms with Gasteiger partial charge < -0.3 is 10.5 Å². The molecule has 0 bridgehead atoms. The normalized spacial score (nSPS) is 27.2. The van der Waals surface area contributed by atoms with Gasteiger partial charge in [0.25, 0.3) is 0 Å². The smallest absolute Gasteiger partial charge is 0.0969 e. The lowest BCUT2D eigenvalue weighted by Crippen LogP contribution is -2.32. The first-order chi connectivity index (χ1) is 7.95. The number of rotatable bonds is 4. The zero-order valence-corrected chi connectivity index (χ0v) is 11.8. The van der Waals surface area contributed by atoms with Gasteiger partial charge in [-0.15, -0.1) is 0 Å².